The third-order valence-electron chi connectivity index (χ3n) is 3.91. The third kappa shape index (κ3) is 5.61. The summed E-state index contributed by atoms with van der Waals surface area (Å²) in [5, 5.41) is 0.580. The van der Waals surface area contributed by atoms with Gasteiger partial charge in [0.15, 0.2) is 16.7 Å². The quantitative estimate of drug-likeness (QED) is 0.455. The van der Waals surface area contributed by atoms with Gasteiger partial charge in [-0.2, -0.15) is 4.99 Å². The minimum atomic E-state index is -0.374. The summed E-state index contributed by atoms with van der Waals surface area (Å²) in [6.45, 7) is 2.86. The molecule has 0 saturated carbocycles. The number of nitrogens with zero attached hydrogens (tertiary/aromatic N) is 1. The second kappa shape index (κ2) is 10.3. The fourth-order valence-corrected chi connectivity index (χ4v) is 3.60. The molecule has 0 bridgehead atoms. The molecule has 0 aliphatic carbocycles. The maximum absolute atomic E-state index is 11.8. The van der Waals surface area contributed by atoms with E-state index in [4.69, 9.17) is 36.3 Å². The fraction of sp³-hybridized carbons (Fsp3) is 0.238. The number of amidine groups is 1. The van der Waals surface area contributed by atoms with E-state index in [1.54, 1.807) is 31.4 Å². The van der Waals surface area contributed by atoms with Crippen molar-refractivity contribution in [3.8, 4) is 23.0 Å². The van der Waals surface area contributed by atoms with Gasteiger partial charge in [0.05, 0.1) is 23.6 Å². The first kappa shape index (κ1) is 21.9. The highest BCUT2D eigenvalue weighted by Gasteiger charge is 2.20. The van der Waals surface area contributed by atoms with Crippen molar-refractivity contribution < 1.29 is 23.7 Å². The molecule has 7 nitrogen and oxygen atoms in total. The number of carbonyl (C=O) groups excluding carboxylic acids is 1. The van der Waals surface area contributed by atoms with Crippen molar-refractivity contribution in [3.63, 3.8) is 0 Å². The van der Waals surface area contributed by atoms with Crippen molar-refractivity contribution in [1.29, 1.82) is 0 Å². The molecule has 2 N–H and O–H groups in total. The van der Waals surface area contributed by atoms with E-state index in [-0.39, 0.29) is 17.7 Å². The predicted molar refractivity (Wildman–Crippen MR) is 119 cm³/mol. The van der Waals surface area contributed by atoms with E-state index in [0.29, 0.717) is 51.7 Å². The van der Waals surface area contributed by atoms with Crippen LogP contribution >= 0.6 is 23.4 Å². The standard InChI is InChI=1S/C21H21ClN2O5S/c1-3-27-17-10-13(11-18-20(25)24-21(23)30-18)9-16(22)19(17)29-8-7-28-15-6-4-5-14(12-15)26-2/h4-6,9-12H,3,7-8H2,1-2H3,(H2,23,24,25)/b18-11+. The zero-order chi connectivity index (χ0) is 21.5. The van der Waals surface area contributed by atoms with Crippen LogP contribution in [0.1, 0.15) is 12.5 Å². The van der Waals surface area contributed by atoms with E-state index in [9.17, 15) is 4.79 Å². The maximum Gasteiger partial charge on any atom is 0.286 e. The van der Waals surface area contributed by atoms with E-state index in [1.807, 2.05) is 25.1 Å². The summed E-state index contributed by atoms with van der Waals surface area (Å²) in [4.78, 5) is 15.9. The number of nitrogens with two attached hydrogens (primary N) is 1. The molecule has 1 aliphatic heterocycles. The molecule has 0 atom stereocenters. The summed E-state index contributed by atoms with van der Waals surface area (Å²) < 4.78 is 22.3. The van der Waals surface area contributed by atoms with Crippen LogP contribution in [0.4, 0.5) is 0 Å². The van der Waals surface area contributed by atoms with Gasteiger partial charge >= 0.3 is 0 Å². The zero-order valence-corrected chi connectivity index (χ0v) is 18.1. The highest BCUT2D eigenvalue weighted by molar-refractivity contribution is 8.18. The Morgan fingerprint density at radius 1 is 1.13 bits per heavy atom. The van der Waals surface area contributed by atoms with Crippen LogP contribution in [0.5, 0.6) is 23.0 Å². The van der Waals surface area contributed by atoms with Gasteiger partial charge in [0.1, 0.15) is 24.7 Å². The van der Waals surface area contributed by atoms with E-state index >= 15 is 0 Å². The molecule has 0 fully saturated rings. The van der Waals surface area contributed by atoms with E-state index < -0.39 is 0 Å². The van der Waals surface area contributed by atoms with Crippen molar-refractivity contribution in [1.82, 2.24) is 0 Å². The van der Waals surface area contributed by atoms with Crippen LogP contribution in [0.25, 0.3) is 6.08 Å². The second-order valence-corrected chi connectivity index (χ2v) is 7.47. The van der Waals surface area contributed by atoms with Crippen molar-refractivity contribution in [3.05, 3.63) is 51.9 Å². The lowest BCUT2D eigenvalue weighted by atomic mass is 10.2. The number of benzene rings is 2. The van der Waals surface area contributed by atoms with E-state index in [0.717, 1.165) is 11.8 Å². The first-order valence-electron chi connectivity index (χ1n) is 9.14. The number of ether oxygens (including phenoxy) is 4. The Balaban J connectivity index is 1.68. The number of methoxy groups -OCH3 is 1. The van der Waals surface area contributed by atoms with Crippen LogP contribution in [0.3, 0.4) is 0 Å². The molecule has 1 amide bonds. The molecule has 1 aliphatic rings. The smallest absolute Gasteiger partial charge is 0.286 e. The van der Waals surface area contributed by atoms with Gasteiger partial charge in [0.25, 0.3) is 5.91 Å². The van der Waals surface area contributed by atoms with Crippen molar-refractivity contribution in [2.24, 2.45) is 10.7 Å². The molecular weight excluding hydrogens is 428 g/mol. The zero-order valence-electron chi connectivity index (χ0n) is 16.5. The number of carbonyl (C=O) groups is 1. The summed E-state index contributed by atoms with van der Waals surface area (Å²) in [7, 11) is 1.60. The molecule has 2 aromatic rings. The fourth-order valence-electron chi connectivity index (χ4n) is 2.65. The predicted octanol–water partition coefficient (Wildman–Crippen LogP) is 4.13. The van der Waals surface area contributed by atoms with Crippen LogP contribution in [0, 0.1) is 0 Å². The molecule has 0 unspecified atom stereocenters. The van der Waals surface area contributed by atoms with Gasteiger partial charge in [-0.05, 0) is 54.6 Å². The number of thioether (sulfide) groups is 1. The largest absolute Gasteiger partial charge is 0.497 e. The Labute approximate surface area is 183 Å². The summed E-state index contributed by atoms with van der Waals surface area (Å²) in [6, 6.07) is 10.8. The average Bonchev–Trinajstić information content (AvgIpc) is 3.03. The monoisotopic (exact) mass is 448 g/mol. The summed E-state index contributed by atoms with van der Waals surface area (Å²) in [5.41, 5.74) is 6.27. The number of aliphatic imine (C=N–C) groups is 1. The van der Waals surface area contributed by atoms with Crippen LogP contribution in [-0.2, 0) is 4.79 Å². The highest BCUT2D eigenvalue weighted by Crippen LogP contribution is 2.38. The molecule has 0 saturated heterocycles. The molecule has 0 radical (unpaired) electrons. The molecule has 158 valence electrons. The second-order valence-electron chi connectivity index (χ2n) is 6.00. The molecular formula is C21H21ClN2O5S. The van der Waals surface area contributed by atoms with Gasteiger partial charge in [-0.25, -0.2) is 0 Å². The van der Waals surface area contributed by atoms with Crippen molar-refractivity contribution in [2.75, 3.05) is 26.9 Å². The van der Waals surface area contributed by atoms with Crippen molar-refractivity contribution >= 4 is 40.5 Å². The topological polar surface area (TPSA) is 92.4 Å². The molecule has 0 spiro atoms. The lowest BCUT2D eigenvalue weighted by molar-refractivity contribution is -0.113. The van der Waals surface area contributed by atoms with Crippen LogP contribution in [0.15, 0.2) is 46.3 Å². The SMILES string of the molecule is CCOc1cc(/C=C2/SC(N)=NC2=O)cc(Cl)c1OCCOc1cccc(OC)c1. The minimum Gasteiger partial charge on any atom is -0.497 e. The molecule has 2 aromatic carbocycles. The Morgan fingerprint density at radius 3 is 2.60 bits per heavy atom. The Kier molecular flexibility index (Phi) is 7.48. The van der Waals surface area contributed by atoms with Gasteiger partial charge in [-0.1, -0.05) is 17.7 Å². The van der Waals surface area contributed by atoms with Gasteiger partial charge in [-0.3, -0.25) is 4.79 Å². The Morgan fingerprint density at radius 2 is 1.90 bits per heavy atom. The van der Waals surface area contributed by atoms with Gasteiger partial charge in [-0.15, -0.1) is 0 Å². The number of halogens is 1. The summed E-state index contributed by atoms with van der Waals surface area (Å²) in [5.74, 6) is 1.90. The van der Waals surface area contributed by atoms with Crippen molar-refractivity contribution in [2.45, 2.75) is 6.92 Å². The molecule has 9 heteroatoms. The molecule has 0 aromatic heterocycles. The first-order chi connectivity index (χ1) is 14.5. The Bertz CT molecular complexity index is 993. The van der Waals surface area contributed by atoms with Crippen LogP contribution in [-0.4, -0.2) is 38.0 Å². The van der Waals surface area contributed by atoms with Crippen LogP contribution in [0.2, 0.25) is 5.02 Å². The van der Waals surface area contributed by atoms with Gasteiger partial charge < -0.3 is 24.7 Å². The molecule has 30 heavy (non-hydrogen) atoms. The summed E-state index contributed by atoms with van der Waals surface area (Å²) in [6.07, 6.45) is 1.67. The number of rotatable bonds is 9. The maximum atomic E-state index is 11.8. The number of amides is 1. The first-order valence-corrected chi connectivity index (χ1v) is 10.3. The number of hydrogen-bond donors (Lipinski definition) is 1. The third-order valence-corrected chi connectivity index (χ3v) is 5.00. The lowest BCUT2D eigenvalue weighted by Gasteiger charge is -2.15. The number of hydrogen-bond acceptors (Lipinski definition) is 7. The normalized spacial score (nSPS) is 14.6. The van der Waals surface area contributed by atoms with Gasteiger partial charge in [0, 0.05) is 6.07 Å². The Hall–Kier alpha value is -2.84. The molecule has 1 heterocycles. The van der Waals surface area contributed by atoms with Gasteiger partial charge in [0.2, 0.25) is 0 Å². The lowest BCUT2D eigenvalue weighted by Crippen LogP contribution is -2.10. The average molecular weight is 449 g/mol. The van der Waals surface area contributed by atoms with Crippen LogP contribution < -0.4 is 24.7 Å². The van der Waals surface area contributed by atoms with E-state index in [1.165, 1.54) is 0 Å². The van der Waals surface area contributed by atoms with E-state index in [2.05, 4.69) is 4.99 Å². The molecule has 3 rings (SSSR count). The highest BCUT2D eigenvalue weighted by atomic mass is 35.5. The summed E-state index contributed by atoms with van der Waals surface area (Å²) >= 11 is 7.53. The minimum absolute atomic E-state index is 0.221.